The summed E-state index contributed by atoms with van der Waals surface area (Å²) in [5.74, 6) is 4.95. The molecule has 0 spiro atoms. The van der Waals surface area contributed by atoms with Gasteiger partial charge in [0.15, 0.2) is 0 Å². The molecule has 4 rings (SSSR count). The number of carbonyl (C=O) groups excluding carboxylic acids is 1. The second-order valence-corrected chi connectivity index (χ2v) is 12.1. The molecule has 4 saturated carbocycles. The molecule has 9 atom stereocenters. The number of hydrogen-bond acceptors (Lipinski definition) is 3. The highest BCUT2D eigenvalue weighted by Crippen LogP contribution is 2.68. The third kappa shape index (κ3) is 3.85. The molecular weight excluding hydrogens is 370 g/mol. The summed E-state index contributed by atoms with van der Waals surface area (Å²) in [7, 11) is 0. The molecule has 0 radical (unpaired) electrons. The van der Waals surface area contributed by atoms with E-state index < -0.39 is 0 Å². The van der Waals surface area contributed by atoms with Crippen molar-refractivity contribution in [2.45, 2.75) is 97.4 Å². The molecule has 0 aliphatic heterocycles. The van der Waals surface area contributed by atoms with E-state index in [4.69, 9.17) is 11.5 Å². The number of amides is 1. The Morgan fingerprint density at radius 3 is 2.50 bits per heavy atom. The molecular formula is C26H47N3O. The lowest BCUT2D eigenvalue weighted by Gasteiger charge is -2.61. The Morgan fingerprint density at radius 1 is 1.03 bits per heavy atom. The average Bonchev–Trinajstić information content (AvgIpc) is 3.07. The van der Waals surface area contributed by atoms with E-state index in [9.17, 15) is 4.79 Å². The molecule has 4 fully saturated rings. The van der Waals surface area contributed by atoms with Gasteiger partial charge in [-0.2, -0.15) is 0 Å². The Kier molecular flexibility index (Phi) is 6.57. The lowest BCUT2D eigenvalue weighted by Crippen LogP contribution is -2.55. The molecule has 0 bridgehead atoms. The van der Waals surface area contributed by atoms with Gasteiger partial charge in [-0.25, -0.2) is 0 Å². The highest BCUT2D eigenvalue weighted by Gasteiger charge is 2.60. The van der Waals surface area contributed by atoms with Crippen LogP contribution < -0.4 is 16.8 Å². The molecule has 0 saturated heterocycles. The third-order valence-corrected chi connectivity index (χ3v) is 10.8. The van der Waals surface area contributed by atoms with E-state index in [1.54, 1.807) is 0 Å². The molecule has 4 aliphatic rings. The molecule has 0 aromatic heterocycles. The molecule has 4 nitrogen and oxygen atoms in total. The molecule has 5 N–H and O–H groups in total. The van der Waals surface area contributed by atoms with Gasteiger partial charge in [0.25, 0.3) is 0 Å². The van der Waals surface area contributed by atoms with E-state index >= 15 is 0 Å². The second-order valence-electron chi connectivity index (χ2n) is 12.1. The summed E-state index contributed by atoms with van der Waals surface area (Å²) in [5.41, 5.74) is 12.2. The fourth-order valence-electron chi connectivity index (χ4n) is 9.28. The van der Waals surface area contributed by atoms with Crippen LogP contribution >= 0.6 is 0 Å². The first-order valence-corrected chi connectivity index (χ1v) is 13.0. The summed E-state index contributed by atoms with van der Waals surface area (Å²) in [6.45, 7) is 9.39. The number of hydrogen-bond donors (Lipinski definition) is 3. The average molecular weight is 418 g/mol. The van der Waals surface area contributed by atoms with Crippen LogP contribution in [-0.4, -0.2) is 25.0 Å². The molecule has 0 aromatic rings. The fourth-order valence-corrected chi connectivity index (χ4v) is 9.28. The van der Waals surface area contributed by atoms with Crippen molar-refractivity contribution in [3.63, 3.8) is 0 Å². The van der Waals surface area contributed by atoms with Crippen molar-refractivity contribution in [3.8, 4) is 0 Å². The summed E-state index contributed by atoms with van der Waals surface area (Å²) in [4.78, 5) is 11.3. The minimum Gasteiger partial charge on any atom is -0.370 e. The maximum absolute atomic E-state index is 11.3. The zero-order valence-electron chi connectivity index (χ0n) is 19.8. The van der Waals surface area contributed by atoms with Crippen molar-refractivity contribution in [2.24, 2.45) is 57.8 Å². The minimum atomic E-state index is -0.131. The number of carbonyl (C=O) groups is 1. The van der Waals surface area contributed by atoms with Crippen molar-refractivity contribution < 1.29 is 4.79 Å². The largest absolute Gasteiger partial charge is 0.370 e. The maximum atomic E-state index is 11.3. The lowest BCUT2D eigenvalue weighted by molar-refractivity contribution is -0.120. The molecule has 4 heteroatoms. The zero-order chi connectivity index (χ0) is 21.5. The Bertz CT molecular complexity index is 623. The van der Waals surface area contributed by atoms with Gasteiger partial charge in [0.05, 0.1) is 0 Å². The van der Waals surface area contributed by atoms with Gasteiger partial charge in [-0.3, -0.25) is 4.79 Å². The van der Waals surface area contributed by atoms with Gasteiger partial charge >= 0.3 is 0 Å². The summed E-state index contributed by atoms with van der Waals surface area (Å²) in [6.07, 6.45) is 14.2. The van der Waals surface area contributed by atoms with Crippen molar-refractivity contribution in [1.82, 2.24) is 5.32 Å². The van der Waals surface area contributed by atoms with Gasteiger partial charge in [-0.15, -0.1) is 0 Å². The molecule has 30 heavy (non-hydrogen) atoms. The van der Waals surface area contributed by atoms with Gasteiger partial charge in [-0.05, 0) is 111 Å². The van der Waals surface area contributed by atoms with Crippen LogP contribution in [0.3, 0.4) is 0 Å². The van der Waals surface area contributed by atoms with E-state index in [2.05, 4.69) is 26.1 Å². The fraction of sp³-hybridized carbons (Fsp3) is 0.962. The minimum absolute atomic E-state index is 0.131. The normalized spacial score (nSPS) is 46.5. The van der Waals surface area contributed by atoms with Crippen molar-refractivity contribution >= 4 is 5.91 Å². The predicted octanol–water partition coefficient (Wildman–Crippen LogP) is 4.46. The SMILES string of the molecule is C[C@@H](CCC(N)=O)C1CCC2C3CC[C@@H]4C[C@@H](NCCN)CC[C@]4(C)C3CC[C@@]21C. The molecule has 0 heterocycles. The molecule has 0 aromatic carbocycles. The van der Waals surface area contributed by atoms with Crippen LogP contribution in [0.25, 0.3) is 0 Å². The molecule has 1 amide bonds. The lowest BCUT2D eigenvalue weighted by atomic mass is 9.44. The van der Waals surface area contributed by atoms with Crippen molar-refractivity contribution in [1.29, 1.82) is 0 Å². The maximum Gasteiger partial charge on any atom is 0.217 e. The Hall–Kier alpha value is -0.610. The van der Waals surface area contributed by atoms with Crippen molar-refractivity contribution in [2.75, 3.05) is 13.1 Å². The van der Waals surface area contributed by atoms with Gasteiger partial charge < -0.3 is 16.8 Å². The second kappa shape index (κ2) is 8.73. The highest BCUT2D eigenvalue weighted by atomic mass is 16.1. The number of fused-ring (bicyclic) bond motifs is 5. The van der Waals surface area contributed by atoms with E-state index in [-0.39, 0.29) is 5.91 Å². The van der Waals surface area contributed by atoms with Gasteiger partial charge in [-0.1, -0.05) is 20.8 Å². The third-order valence-electron chi connectivity index (χ3n) is 10.8. The highest BCUT2D eigenvalue weighted by molar-refractivity contribution is 5.73. The standard InChI is InChI=1S/C26H47N3O/c1-17(4-9-24(28)30)21-7-8-22-20-6-5-18-16-19(29-15-14-27)10-12-25(18,2)23(20)11-13-26(21,22)3/h17-23,29H,4-16,27H2,1-3H3,(H2,28,30)/t17-,18+,19-,20?,21?,22?,23?,25-,26+/m0/s1. The summed E-state index contributed by atoms with van der Waals surface area (Å²) >= 11 is 0. The monoisotopic (exact) mass is 417 g/mol. The summed E-state index contributed by atoms with van der Waals surface area (Å²) in [5, 5.41) is 3.72. The van der Waals surface area contributed by atoms with Gasteiger partial charge in [0.2, 0.25) is 5.91 Å². The topological polar surface area (TPSA) is 81.1 Å². The first-order valence-electron chi connectivity index (χ1n) is 13.0. The van der Waals surface area contributed by atoms with Crippen LogP contribution in [0.1, 0.15) is 91.4 Å². The number of rotatable bonds is 7. The van der Waals surface area contributed by atoms with Crippen LogP contribution in [0, 0.1) is 46.3 Å². The Morgan fingerprint density at radius 2 is 1.77 bits per heavy atom. The first kappa shape index (κ1) is 22.6. The molecule has 4 unspecified atom stereocenters. The molecule has 172 valence electrons. The van der Waals surface area contributed by atoms with Gasteiger partial charge in [0, 0.05) is 25.6 Å². The predicted molar refractivity (Wildman–Crippen MR) is 124 cm³/mol. The van der Waals surface area contributed by atoms with Crippen LogP contribution in [0.2, 0.25) is 0 Å². The van der Waals surface area contributed by atoms with Crippen LogP contribution in [-0.2, 0) is 4.79 Å². The van der Waals surface area contributed by atoms with Gasteiger partial charge in [0.1, 0.15) is 0 Å². The van der Waals surface area contributed by atoms with Crippen LogP contribution in [0.4, 0.5) is 0 Å². The summed E-state index contributed by atoms with van der Waals surface area (Å²) < 4.78 is 0. The Labute approximate surface area is 184 Å². The molecule has 4 aliphatic carbocycles. The number of nitrogens with one attached hydrogen (secondary N) is 1. The van der Waals surface area contributed by atoms with E-state index in [1.165, 1.54) is 57.8 Å². The van der Waals surface area contributed by atoms with E-state index in [1.807, 2.05) is 0 Å². The van der Waals surface area contributed by atoms with Crippen LogP contribution in [0.5, 0.6) is 0 Å². The number of primary amides is 1. The zero-order valence-corrected chi connectivity index (χ0v) is 19.8. The smallest absolute Gasteiger partial charge is 0.217 e. The van der Waals surface area contributed by atoms with Crippen LogP contribution in [0.15, 0.2) is 0 Å². The first-order chi connectivity index (χ1) is 14.3. The number of nitrogens with two attached hydrogens (primary N) is 2. The van der Waals surface area contributed by atoms with E-state index in [0.717, 1.165) is 49.1 Å². The summed E-state index contributed by atoms with van der Waals surface area (Å²) in [6, 6.07) is 0.694. The van der Waals surface area contributed by atoms with Crippen molar-refractivity contribution in [3.05, 3.63) is 0 Å². The Balaban J connectivity index is 1.45. The quantitative estimate of drug-likeness (QED) is 0.572. The van der Waals surface area contributed by atoms with E-state index in [0.29, 0.717) is 29.2 Å².